The number of aromatic nitrogens is 1. The lowest BCUT2D eigenvalue weighted by molar-refractivity contribution is -0.150. The SMILES string of the molecule is CCOC(=O)[C@H]1CCN(C(=O)OCC(C)C)CC1c1cccc(OCCc2nc(-c3ccccc3)oc2C)c1. The highest BCUT2D eigenvalue weighted by atomic mass is 16.6. The molecule has 4 rings (SSSR count). The molecule has 8 nitrogen and oxygen atoms in total. The second kappa shape index (κ2) is 13.3. The fourth-order valence-electron chi connectivity index (χ4n) is 4.78. The second-order valence-corrected chi connectivity index (χ2v) is 10.2. The maximum absolute atomic E-state index is 12.8. The molecule has 1 aromatic heterocycles. The molecule has 0 aliphatic carbocycles. The summed E-state index contributed by atoms with van der Waals surface area (Å²) in [5.74, 6) is 1.52. The van der Waals surface area contributed by atoms with Crippen LogP contribution in [0.5, 0.6) is 5.75 Å². The summed E-state index contributed by atoms with van der Waals surface area (Å²) in [6.45, 7) is 9.65. The minimum Gasteiger partial charge on any atom is -0.493 e. The molecule has 0 N–H and O–H groups in total. The standard InChI is InChI=1S/C31H38N2O6/c1-5-36-30(34)26-14-16-33(31(35)38-20-21(2)3)19-27(26)24-12-9-13-25(18-24)37-17-15-28-22(4)39-29(32-28)23-10-7-6-8-11-23/h6-13,18,21,26-27H,5,14-17,19-20H2,1-4H3/t26-,27?/m0/s1. The number of nitrogens with zero attached hydrogens (tertiary/aromatic N) is 2. The predicted octanol–water partition coefficient (Wildman–Crippen LogP) is 6.03. The number of benzene rings is 2. The summed E-state index contributed by atoms with van der Waals surface area (Å²) in [4.78, 5) is 31.9. The van der Waals surface area contributed by atoms with Gasteiger partial charge in [-0.2, -0.15) is 0 Å². The molecule has 1 unspecified atom stereocenters. The van der Waals surface area contributed by atoms with E-state index in [1.54, 1.807) is 11.8 Å². The highest BCUT2D eigenvalue weighted by molar-refractivity contribution is 5.75. The Morgan fingerprint density at radius 2 is 1.90 bits per heavy atom. The minimum atomic E-state index is -0.346. The van der Waals surface area contributed by atoms with Gasteiger partial charge in [-0.15, -0.1) is 0 Å². The van der Waals surface area contributed by atoms with Crippen LogP contribution in [0.2, 0.25) is 0 Å². The van der Waals surface area contributed by atoms with Crippen LogP contribution in [0.1, 0.15) is 50.1 Å². The number of ether oxygens (including phenoxy) is 3. The van der Waals surface area contributed by atoms with Crippen LogP contribution in [0.15, 0.2) is 59.0 Å². The van der Waals surface area contributed by atoms with Crippen LogP contribution in [-0.4, -0.2) is 54.9 Å². The fraction of sp³-hybridized carbons (Fsp3) is 0.452. The molecule has 208 valence electrons. The van der Waals surface area contributed by atoms with E-state index in [0.29, 0.717) is 57.4 Å². The predicted molar refractivity (Wildman–Crippen MR) is 148 cm³/mol. The monoisotopic (exact) mass is 534 g/mol. The Hall–Kier alpha value is -3.81. The van der Waals surface area contributed by atoms with Gasteiger partial charge in [0.15, 0.2) is 0 Å². The van der Waals surface area contributed by atoms with Crippen molar-refractivity contribution in [3.63, 3.8) is 0 Å². The fourth-order valence-corrected chi connectivity index (χ4v) is 4.78. The normalized spacial score (nSPS) is 17.2. The van der Waals surface area contributed by atoms with Gasteiger partial charge in [-0.25, -0.2) is 9.78 Å². The van der Waals surface area contributed by atoms with Crippen LogP contribution >= 0.6 is 0 Å². The first-order valence-electron chi connectivity index (χ1n) is 13.7. The number of piperidine rings is 1. The Morgan fingerprint density at radius 1 is 1.10 bits per heavy atom. The van der Waals surface area contributed by atoms with Gasteiger partial charge in [0.25, 0.3) is 0 Å². The molecule has 2 atom stereocenters. The quantitative estimate of drug-likeness (QED) is 0.293. The molecule has 0 saturated carbocycles. The highest BCUT2D eigenvalue weighted by Crippen LogP contribution is 2.35. The third-order valence-electron chi connectivity index (χ3n) is 6.81. The zero-order chi connectivity index (χ0) is 27.8. The first-order valence-corrected chi connectivity index (χ1v) is 13.7. The van der Waals surface area contributed by atoms with Gasteiger partial charge in [-0.05, 0) is 56.0 Å². The third-order valence-corrected chi connectivity index (χ3v) is 6.81. The Labute approximate surface area is 230 Å². The topological polar surface area (TPSA) is 91.1 Å². The van der Waals surface area contributed by atoms with E-state index >= 15 is 0 Å². The van der Waals surface area contributed by atoms with Crippen molar-refractivity contribution in [1.29, 1.82) is 0 Å². The Kier molecular flexibility index (Phi) is 9.63. The van der Waals surface area contributed by atoms with Gasteiger partial charge < -0.3 is 23.5 Å². The highest BCUT2D eigenvalue weighted by Gasteiger charge is 2.38. The summed E-state index contributed by atoms with van der Waals surface area (Å²) < 4.78 is 22.8. The van der Waals surface area contributed by atoms with Crippen LogP contribution in [-0.2, 0) is 20.7 Å². The van der Waals surface area contributed by atoms with Crippen LogP contribution in [0, 0.1) is 18.8 Å². The summed E-state index contributed by atoms with van der Waals surface area (Å²) in [6, 6.07) is 17.5. The molecule has 3 aromatic rings. The number of likely N-dealkylation sites (tertiary alicyclic amines) is 1. The lowest BCUT2D eigenvalue weighted by atomic mass is 9.80. The zero-order valence-electron chi connectivity index (χ0n) is 23.2. The molecule has 1 aliphatic heterocycles. The van der Waals surface area contributed by atoms with Gasteiger partial charge in [0, 0.05) is 31.0 Å². The number of hydrogen-bond donors (Lipinski definition) is 0. The van der Waals surface area contributed by atoms with Crippen molar-refractivity contribution >= 4 is 12.1 Å². The molecular formula is C31H38N2O6. The summed E-state index contributed by atoms with van der Waals surface area (Å²) >= 11 is 0. The molecule has 2 heterocycles. The van der Waals surface area contributed by atoms with Crippen molar-refractivity contribution in [3.8, 4) is 17.2 Å². The summed E-state index contributed by atoms with van der Waals surface area (Å²) in [6.07, 6.45) is 0.762. The van der Waals surface area contributed by atoms with E-state index in [9.17, 15) is 9.59 Å². The summed E-state index contributed by atoms with van der Waals surface area (Å²) in [5, 5.41) is 0. The molecule has 0 radical (unpaired) electrons. The first kappa shape index (κ1) is 28.2. The average molecular weight is 535 g/mol. The lowest BCUT2D eigenvalue weighted by Crippen LogP contribution is -2.45. The van der Waals surface area contributed by atoms with Gasteiger partial charge >= 0.3 is 12.1 Å². The lowest BCUT2D eigenvalue weighted by Gasteiger charge is -2.37. The Balaban J connectivity index is 1.43. The van der Waals surface area contributed by atoms with Gasteiger partial charge in [0.05, 0.1) is 31.4 Å². The Bertz CT molecular complexity index is 1240. The van der Waals surface area contributed by atoms with Crippen molar-refractivity contribution in [1.82, 2.24) is 9.88 Å². The third kappa shape index (κ3) is 7.40. The van der Waals surface area contributed by atoms with Crippen LogP contribution in [0.25, 0.3) is 11.5 Å². The molecular weight excluding hydrogens is 496 g/mol. The number of carbonyl (C=O) groups is 2. The first-order chi connectivity index (χ1) is 18.9. The van der Waals surface area contributed by atoms with Gasteiger partial charge in [0.1, 0.15) is 11.5 Å². The molecule has 1 fully saturated rings. The van der Waals surface area contributed by atoms with E-state index in [4.69, 9.17) is 18.6 Å². The van der Waals surface area contributed by atoms with E-state index in [0.717, 1.165) is 22.6 Å². The van der Waals surface area contributed by atoms with E-state index in [2.05, 4.69) is 4.98 Å². The molecule has 0 bridgehead atoms. The smallest absolute Gasteiger partial charge is 0.409 e. The van der Waals surface area contributed by atoms with Gasteiger partial charge in [-0.3, -0.25) is 4.79 Å². The van der Waals surface area contributed by atoms with E-state index < -0.39 is 0 Å². The average Bonchev–Trinajstić information content (AvgIpc) is 3.32. The maximum Gasteiger partial charge on any atom is 0.409 e. The van der Waals surface area contributed by atoms with Crippen LogP contribution in [0.3, 0.4) is 0 Å². The number of esters is 1. The van der Waals surface area contributed by atoms with Crippen molar-refractivity contribution in [2.45, 2.75) is 46.5 Å². The minimum absolute atomic E-state index is 0.223. The molecule has 8 heteroatoms. The number of rotatable bonds is 10. The van der Waals surface area contributed by atoms with E-state index in [-0.39, 0.29) is 29.8 Å². The second-order valence-electron chi connectivity index (χ2n) is 10.2. The molecule has 0 spiro atoms. The maximum atomic E-state index is 12.8. The van der Waals surface area contributed by atoms with Gasteiger partial charge in [0.2, 0.25) is 5.89 Å². The van der Waals surface area contributed by atoms with Gasteiger partial charge in [-0.1, -0.05) is 44.2 Å². The van der Waals surface area contributed by atoms with Crippen molar-refractivity contribution < 1.29 is 28.2 Å². The molecule has 1 aliphatic rings. The number of aryl methyl sites for hydroxylation is 1. The van der Waals surface area contributed by atoms with Crippen molar-refractivity contribution in [2.24, 2.45) is 11.8 Å². The van der Waals surface area contributed by atoms with Crippen molar-refractivity contribution in [3.05, 3.63) is 71.6 Å². The Morgan fingerprint density at radius 3 is 2.64 bits per heavy atom. The van der Waals surface area contributed by atoms with E-state index in [1.807, 2.05) is 75.4 Å². The number of hydrogen-bond acceptors (Lipinski definition) is 7. The van der Waals surface area contributed by atoms with E-state index in [1.165, 1.54) is 0 Å². The van der Waals surface area contributed by atoms with Crippen LogP contribution in [0.4, 0.5) is 4.79 Å². The molecule has 2 aromatic carbocycles. The number of amides is 1. The molecule has 1 amide bonds. The largest absolute Gasteiger partial charge is 0.493 e. The zero-order valence-corrected chi connectivity index (χ0v) is 23.2. The molecule has 1 saturated heterocycles. The number of carbonyl (C=O) groups excluding carboxylic acids is 2. The number of oxazole rings is 1. The van der Waals surface area contributed by atoms with Crippen molar-refractivity contribution in [2.75, 3.05) is 32.9 Å². The molecule has 39 heavy (non-hydrogen) atoms. The van der Waals surface area contributed by atoms with Crippen LogP contribution < -0.4 is 4.74 Å². The summed E-state index contributed by atoms with van der Waals surface area (Å²) in [7, 11) is 0. The summed E-state index contributed by atoms with van der Waals surface area (Å²) in [5.41, 5.74) is 2.72.